The number of fused-ring (bicyclic) bond motifs is 1. The van der Waals surface area contributed by atoms with E-state index in [2.05, 4.69) is 32.0 Å². The minimum atomic E-state index is -1.19. The Labute approximate surface area is 151 Å². The molecule has 0 spiro atoms. The van der Waals surface area contributed by atoms with Crippen LogP contribution in [0.2, 0.25) is 0 Å². The van der Waals surface area contributed by atoms with E-state index < -0.39 is 24.5 Å². The molecular weight excluding hydrogens is 360 g/mol. The van der Waals surface area contributed by atoms with Gasteiger partial charge in [-0.05, 0) is 0 Å². The van der Waals surface area contributed by atoms with Gasteiger partial charge < -0.3 is 25.4 Å². The minimum Gasteiger partial charge on any atom is -0.443 e. The minimum absolute atomic E-state index is 0.0170. The highest BCUT2D eigenvalue weighted by Gasteiger charge is 2.44. The van der Waals surface area contributed by atoms with E-state index in [9.17, 15) is 10.2 Å². The number of rotatable bonds is 3. The molecule has 0 radical (unpaired) electrons. The molecule has 0 aliphatic carbocycles. The second kappa shape index (κ2) is 6.85. The number of thiazole rings is 1. The lowest BCUT2D eigenvalue weighted by molar-refractivity contribution is -0.0510. The van der Waals surface area contributed by atoms with Crippen LogP contribution in [0.1, 0.15) is 11.2 Å². The summed E-state index contributed by atoms with van der Waals surface area (Å²) in [7, 11) is 0. The summed E-state index contributed by atoms with van der Waals surface area (Å²) in [6.45, 7) is -0.0170. The number of nitrogens with two attached hydrogens (primary N) is 1. The van der Waals surface area contributed by atoms with Gasteiger partial charge in [0.1, 0.15) is 42.9 Å². The fourth-order valence-electron chi connectivity index (χ4n) is 2.64. The Morgan fingerprint density at radius 2 is 2.15 bits per heavy atom. The van der Waals surface area contributed by atoms with Gasteiger partial charge in [0.15, 0.2) is 22.7 Å². The van der Waals surface area contributed by atoms with Gasteiger partial charge in [-0.25, -0.2) is 19.9 Å². The molecule has 1 aliphatic heterocycles. The van der Waals surface area contributed by atoms with Crippen LogP contribution in [0.5, 0.6) is 0 Å². The topological polar surface area (TPSA) is 141 Å². The molecule has 4 N–H and O–H groups in total. The molecule has 3 aromatic heterocycles. The molecule has 0 unspecified atom stereocenters. The molecule has 3 aromatic rings. The molecule has 0 amide bonds. The molecule has 10 nitrogen and oxygen atoms in total. The molecule has 1 aliphatic rings. The maximum absolute atomic E-state index is 10.3. The van der Waals surface area contributed by atoms with Crippen molar-refractivity contribution < 1.29 is 19.7 Å². The molecule has 0 bridgehead atoms. The molecule has 11 heteroatoms. The Balaban J connectivity index is 1.48. The third-order valence-corrected chi connectivity index (χ3v) is 4.60. The molecule has 4 rings (SSSR count). The van der Waals surface area contributed by atoms with E-state index in [1.54, 1.807) is 11.6 Å². The Morgan fingerprint density at radius 3 is 2.96 bits per heavy atom. The van der Waals surface area contributed by atoms with E-state index in [4.69, 9.17) is 15.2 Å². The van der Waals surface area contributed by atoms with E-state index in [-0.39, 0.29) is 12.4 Å². The third kappa shape index (κ3) is 2.95. The highest BCUT2D eigenvalue weighted by Crippen LogP contribution is 2.32. The lowest BCUT2D eigenvalue weighted by Crippen LogP contribution is -2.33. The van der Waals surface area contributed by atoms with Gasteiger partial charge in [0.05, 0.1) is 6.33 Å². The van der Waals surface area contributed by atoms with E-state index >= 15 is 0 Å². The molecule has 0 saturated carbocycles. The molecule has 134 valence electrons. The summed E-state index contributed by atoms with van der Waals surface area (Å²) in [6.07, 6.45) is 2.88. The first-order valence-electron chi connectivity index (χ1n) is 7.62. The van der Waals surface area contributed by atoms with Crippen LogP contribution in [-0.2, 0) is 9.47 Å². The number of aromatic nitrogens is 5. The summed E-state index contributed by atoms with van der Waals surface area (Å²) >= 11 is 1.39. The molecule has 4 atom stereocenters. The molecule has 1 fully saturated rings. The molecule has 26 heavy (non-hydrogen) atoms. The number of anilines is 1. The second-order valence-electron chi connectivity index (χ2n) is 5.50. The zero-order valence-electron chi connectivity index (χ0n) is 13.3. The van der Waals surface area contributed by atoms with Crippen LogP contribution in [0.3, 0.4) is 0 Å². The highest BCUT2D eigenvalue weighted by molar-refractivity contribution is 7.10. The van der Waals surface area contributed by atoms with Gasteiger partial charge in [-0.2, -0.15) is 0 Å². The summed E-state index contributed by atoms with van der Waals surface area (Å²) in [4.78, 5) is 16.1. The lowest BCUT2D eigenvalue weighted by atomic mass is 10.1. The van der Waals surface area contributed by atoms with Gasteiger partial charge >= 0.3 is 0 Å². The zero-order valence-corrected chi connectivity index (χ0v) is 14.1. The largest absolute Gasteiger partial charge is 0.443 e. The van der Waals surface area contributed by atoms with Crippen molar-refractivity contribution in [3.63, 3.8) is 0 Å². The van der Waals surface area contributed by atoms with Crippen molar-refractivity contribution in [3.05, 3.63) is 29.2 Å². The smallest absolute Gasteiger partial charge is 0.170 e. The summed E-state index contributed by atoms with van der Waals surface area (Å²) in [5.41, 5.74) is 6.56. The maximum atomic E-state index is 10.3. The second-order valence-corrected chi connectivity index (χ2v) is 6.40. The molecule has 4 heterocycles. The average Bonchev–Trinajstić information content (AvgIpc) is 3.35. The van der Waals surface area contributed by atoms with Crippen molar-refractivity contribution >= 4 is 28.3 Å². The number of aliphatic hydroxyl groups is 2. The Hall–Kier alpha value is -2.78. The van der Waals surface area contributed by atoms with Gasteiger partial charge in [0, 0.05) is 17.5 Å². The van der Waals surface area contributed by atoms with Crippen LogP contribution in [0, 0.1) is 12.0 Å². The SMILES string of the molecule is Nc1ncnc2c1ncn2[C@H]1O[C@H](COC#Cc2nccs2)[C@@H](O)[C@H]1O. The summed E-state index contributed by atoms with van der Waals surface area (Å²) in [5, 5.41) is 23.0. The van der Waals surface area contributed by atoms with Crippen molar-refractivity contribution in [1.29, 1.82) is 0 Å². The summed E-state index contributed by atoms with van der Waals surface area (Å²) in [6, 6.07) is 0. The number of ether oxygens (including phenoxy) is 2. The Kier molecular flexibility index (Phi) is 4.39. The van der Waals surface area contributed by atoms with Gasteiger partial charge in [-0.15, -0.1) is 11.3 Å². The number of hydrogen-bond acceptors (Lipinski definition) is 10. The first-order valence-corrected chi connectivity index (χ1v) is 8.50. The number of nitrogen functional groups attached to an aromatic ring is 1. The quantitative estimate of drug-likeness (QED) is 0.518. The number of imidazole rings is 1. The summed E-state index contributed by atoms with van der Waals surface area (Å²) in [5.74, 6) is 2.95. The molecular formula is C15H14N6O4S. The van der Waals surface area contributed by atoms with Crippen LogP contribution in [0.15, 0.2) is 24.2 Å². The van der Waals surface area contributed by atoms with Crippen LogP contribution >= 0.6 is 11.3 Å². The standard InChI is InChI=1S/C15H14N6O4S/c16-13-10-14(19-6-18-13)21(7-20-10)15-12(23)11(22)8(25-15)5-24-3-1-9-17-2-4-26-9/h2,4,6-8,11-12,15,22-23H,5H2,(H2,16,18,19)/t8-,11-,12-,15+/m1/s1. The van der Waals surface area contributed by atoms with Crippen LogP contribution < -0.4 is 5.73 Å². The normalized spacial score (nSPS) is 25.2. The predicted molar refractivity (Wildman–Crippen MR) is 90.6 cm³/mol. The van der Waals surface area contributed by atoms with E-state index in [1.165, 1.54) is 28.6 Å². The van der Waals surface area contributed by atoms with Gasteiger partial charge in [-0.1, -0.05) is 0 Å². The third-order valence-electron chi connectivity index (χ3n) is 3.91. The van der Waals surface area contributed by atoms with E-state index in [0.29, 0.717) is 16.2 Å². The maximum Gasteiger partial charge on any atom is 0.170 e. The first kappa shape index (κ1) is 16.7. The predicted octanol–water partition coefficient (Wildman–Crippen LogP) is -0.490. The Bertz CT molecular complexity index is 966. The fourth-order valence-corrected chi connectivity index (χ4v) is 3.11. The molecule has 1 saturated heterocycles. The van der Waals surface area contributed by atoms with Crippen molar-refractivity contribution in [1.82, 2.24) is 24.5 Å². The van der Waals surface area contributed by atoms with Crippen molar-refractivity contribution in [3.8, 4) is 12.0 Å². The van der Waals surface area contributed by atoms with Crippen molar-refractivity contribution in [2.45, 2.75) is 24.5 Å². The van der Waals surface area contributed by atoms with Gasteiger partial charge in [0.25, 0.3) is 0 Å². The van der Waals surface area contributed by atoms with E-state index in [0.717, 1.165) is 0 Å². The number of nitrogens with zero attached hydrogens (tertiary/aromatic N) is 5. The lowest BCUT2D eigenvalue weighted by Gasteiger charge is -2.16. The van der Waals surface area contributed by atoms with Crippen LogP contribution in [0.4, 0.5) is 5.82 Å². The summed E-state index contributed by atoms with van der Waals surface area (Å²) < 4.78 is 12.5. The van der Waals surface area contributed by atoms with E-state index in [1.807, 2.05) is 0 Å². The van der Waals surface area contributed by atoms with Gasteiger partial charge in [-0.3, -0.25) is 4.57 Å². The fraction of sp³-hybridized carbons (Fsp3) is 0.333. The van der Waals surface area contributed by atoms with Crippen molar-refractivity contribution in [2.75, 3.05) is 12.3 Å². The average molecular weight is 374 g/mol. The van der Waals surface area contributed by atoms with Crippen LogP contribution in [-0.4, -0.2) is 59.6 Å². The van der Waals surface area contributed by atoms with Gasteiger partial charge in [0.2, 0.25) is 0 Å². The molecule has 0 aromatic carbocycles. The van der Waals surface area contributed by atoms with Crippen molar-refractivity contribution in [2.24, 2.45) is 0 Å². The van der Waals surface area contributed by atoms with Crippen LogP contribution in [0.25, 0.3) is 11.2 Å². The number of hydrogen-bond donors (Lipinski definition) is 3. The number of aliphatic hydroxyl groups excluding tert-OH is 2. The first-order chi connectivity index (χ1) is 12.6. The zero-order chi connectivity index (χ0) is 18.1. The monoisotopic (exact) mass is 374 g/mol. The Morgan fingerprint density at radius 1 is 1.27 bits per heavy atom. The highest BCUT2D eigenvalue weighted by atomic mass is 32.1.